The van der Waals surface area contributed by atoms with Crippen molar-refractivity contribution in [1.82, 2.24) is 0 Å². The molecule has 1 atom stereocenters. The molecule has 0 fully saturated rings. The average Bonchev–Trinajstić information content (AvgIpc) is 2.16. The zero-order valence-corrected chi connectivity index (χ0v) is 13.1. The molecule has 0 aliphatic carbocycles. The standard InChI is InChI=1S/C9H11O4P.Sb.3H/c10-9(11)6-7-14(12,13)8-4-2-1-3-5-8;;;;/h1-5H,6-7H2,(H,10,11)(H,12,13);;;;. The van der Waals surface area contributed by atoms with E-state index in [0.29, 0.717) is 5.30 Å². The van der Waals surface area contributed by atoms with Gasteiger partial charge in [-0.25, -0.2) is 0 Å². The number of carboxylic acids is 1. The molecule has 84 valence electrons. The monoisotopic (exact) mass is 338 g/mol. The van der Waals surface area contributed by atoms with Gasteiger partial charge in [0, 0.05) is 11.5 Å². The zero-order valence-electron chi connectivity index (χ0n) is 8.17. The molecule has 15 heavy (non-hydrogen) atoms. The Kier molecular flexibility index (Phi) is 6.19. The van der Waals surface area contributed by atoms with E-state index in [9.17, 15) is 14.3 Å². The normalized spacial score (nSPS) is 13.7. The average molecular weight is 339 g/mol. The summed E-state index contributed by atoms with van der Waals surface area (Å²) in [6, 6.07) is 8.10. The van der Waals surface area contributed by atoms with Gasteiger partial charge in [-0.1, -0.05) is 18.2 Å². The third kappa shape index (κ3) is 4.83. The molecular weight excluding hydrogens is 325 g/mol. The van der Waals surface area contributed by atoms with Crippen molar-refractivity contribution in [2.24, 2.45) is 0 Å². The maximum atomic E-state index is 11.6. The van der Waals surface area contributed by atoms with E-state index >= 15 is 0 Å². The molecule has 0 amide bonds. The number of hydrogen-bond acceptors (Lipinski definition) is 2. The van der Waals surface area contributed by atoms with Crippen LogP contribution in [0.4, 0.5) is 0 Å². The minimum absolute atomic E-state index is 0. The summed E-state index contributed by atoms with van der Waals surface area (Å²) in [7, 11) is -3.48. The number of aliphatic carboxylic acids is 1. The van der Waals surface area contributed by atoms with E-state index in [1.54, 1.807) is 18.2 Å². The first kappa shape index (κ1) is 14.7. The van der Waals surface area contributed by atoms with Crippen molar-refractivity contribution >= 4 is 43.1 Å². The third-order valence-corrected chi connectivity index (χ3v) is 3.72. The second-order valence-electron chi connectivity index (χ2n) is 2.90. The van der Waals surface area contributed by atoms with Gasteiger partial charge < -0.3 is 10.00 Å². The SMILES string of the molecule is O=C(O)CCP(=O)(O)c1ccccc1.[SbH3]. The van der Waals surface area contributed by atoms with Gasteiger partial charge in [-0.2, -0.15) is 0 Å². The summed E-state index contributed by atoms with van der Waals surface area (Å²) >= 11 is 0. The molecule has 0 bridgehead atoms. The van der Waals surface area contributed by atoms with Crippen molar-refractivity contribution in [3.8, 4) is 0 Å². The van der Waals surface area contributed by atoms with Crippen molar-refractivity contribution in [3.63, 3.8) is 0 Å². The van der Waals surface area contributed by atoms with Gasteiger partial charge in [0.15, 0.2) is 0 Å². The van der Waals surface area contributed by atoms with Gasteiger partial charge in [0.25, 0.3) is 0 Å². The second-order valence-corrected chi connectivity index (χ2v) is 5.27. The Labute approximate surface area is 105 Å². The van der Waals surface area contributed by atoms with E-state index in [1.807, 2.05) is 0 Å². The number of rotatable bonds is 4. The summed E-state index contributed by atoms with van der Waals surface area (Å²) in [5, 5.41) is 8.70. The summed E-state index contributed by atoms with van der Waals surface area (Å²) in [4.78, 5) is 19.8. The zero-order chi connectivity index (χ0) is 10.6. The van der Waals surface area contributed by atoms with Crippen molar-refractivity contribution in [2.75, 3.05) is 6.16 Å². The van der Waals surface area contributed by atoms with E-state index in [0.717, 1.165) is 0 Å². The van der Waals surface area contributed by atoms with Crippen molar-refractivity contribution in [3.05, 3.63) is 30.3 Å². The molecule has 0 heterocycles. The molecule has 6 heteroatoms. The van der Waals surface area contributed by atoms with Gasteiger partial charge >= 0.3 is 30.4 Å². The molecule has 1 rings (SSSR count). The van der Waals surface area contributed by atoms with Crippen LogP contribution in [0, 0.1) is 0 Å². The second kappa shape index (κ2) is 6.32. The van der Waals surface area contributed by atoms with Crippen LogP contribution in [0.15, 0.2) is 30.3 Å². The van der Waals surface area contributed by atoms with Gasteiger partial charge in [0.1, 0.15) is 0 Å². The molecule has 1 aromatic rings. The fraction of sp³-hybridized carbons (Fsp3) is 0.222. The molecule has 0 aromatic heterocycles. The molecule has 0 saturated carbocycles. The van der Waals surface area contributed by atoms with E-state index in [1.165, 1.54) is 12.1 Å². The number of hydrogen-bond donors (Lipinski definition) is 2. The fourth-order valence-corrected chi connectivity index (χ4v) is 2.43. The van der Waals surface area contributed by atoms with Gasteiger partial charge in [0.05, 0.1) is 6.42 Å². The minimum atomic E-state index is -3.48. The van der Waals surface area contributed by atoms with Gasteiger partial charge in [0.2, 0.25) is 7.37 Å². The Morgan fingerprint density at radius 2 is 1.80 bits per heavy atom. The summed E-state index contributed by atoms with van der Waals surface area (Å²) in [5.74, 6) is -1.06. The molecular formula is C9H14O4PSb. The first-order valence-electron chi connectivity index (χ1n) is 4.11. The van der Waals surface area contributed by atoms with Gasteiger partial charge in [-0.15, -0.1) is 0 Å². The molecule has 2 N–H and O–H groups in total. The Morgan fingerprint density at radius 3 is 2.27 bits per heavy atom. The van der Waals surface area contributed by atoms with Crippen molar-refractivity contribution < 1.29 is 19.4 Å². The Balaban J connectivity index is 0.00000196. The van der Waals surface area contributed by atoms with Crippen LogP contribution in [0.3, 0.4) is 0 Å². The molecule has 0 radical (unpaired) electrons. The van der Waals surface area contributed by atoms with Crippen LogP contribution in [0.5, 0.6) is 0 Å². The van der Waals surface area contributed by atoms with Crippen molar-refractivity contribution in [2.45, 2.75) is 6.42 Å². The fourth-order valence-electron chi connectivity index (χ4n) is 1.04. The third-order valence-electron chi connectivity index (χ3n) is 1.79. The van der Waals surface area contributed by atoms with E-state index < -0.39 is 13.3 Å². The number of carbonyl (C=O) groups is 1. The molecule has 4 nitrogen and oxygen atoms in total. The first-order valence-corrected chi connectivity index (χ1v) is 5.96. The quantitative estimate of drug-likeness (QED) is 0.592. The van der Waals surface area contributed by atoms with Crippen LogP contribution in [-0.2, 0) is 9.36 Å². The van der Waals surface area contributed by atoms with Crippen LogP contribution in [0.25, 0.3) is 0 Å². The molecule has 0 saturated heterocycles. The Morgan fingerprint density at radius 1 is 1.27 bits per heavy atom. The predicted octanol–water partition coefficient (Wildman–Crippen LogP) is -0.127. The predicted molar refractivity (Wildman–Crippen MR) is 63.0 cm³/mol. The van der Waals surface area contributed by atoms with Gasteiger partial charge in [-0.05, 0) is 12.1 Å². The first-order chi connectivity index (χ1) is 6.52. The van der Waals surface area contributed by atoms with E-state index in [4.69, 9.17) is 5.11 Å². The van der Waals surface area contributed by atoms with Crippen LogP contribution < -0.4 is 5.30 Å². The number of carboxylic acid groups (broad SMARTS) is 1. The van der Waals surface area contributed by atoms with Crippen molar-refractivity contribution in [1.29, 1.82) is 0 Å². The van der Waals surface area contributed by atoms with Gasteiger partial charge in [-0.3, -0.25) is 9.36 Å². The molecule has 0 aliphatic rings. The molecule has 0 aliphatic heterocycles. The van der Waals surface area contributed by atoms with Crippen LogP contribution in [-0.4, -0.2) is 46.6 Å². The molecule has 1 unspecified atom stereocenters. The van der Waals surface area contributed by atoms with Crippen LogP contribution >= 0.6 is 7.37 Å². The van der Waals surface area contributed by atoms with E-state index in [2.05, 4.69) is 0 Å². The Hall–Kier alpha value is -0.302. The molecule has 1 aromatic carbocycles. The van der Waals surface area contributed by atoms with Crippen LogP contribution in [0.1, 0.15) is 6.42 Å². The summed E-state index contributed by atoms with van der Waals surface area (Å²) in [5.41, 5.74) is 0. The summed E-state index contributed by atoms with van der Waals surface area (Å²) < 4.78 is 11.6. The summed E-state index contributed by atoms with van der Waals surface area (Å²) in [6.45, 7) is 0. The topological polar surface area (TPSA) is 74.6 Å². The van der Waals surface area contributed by atoms with E-state index in [-0.39, 0.29) is 37.0 Å². The maximum absolute atomic E-state index is 11.6. The number of benzene rings is 1. The molecule has 0 spiro atoms. The summed E-state index contributed by atoms with van der Waals surface area (Å²) in [6.07, 6.45) is -0.505. The Bertz CT molecular complexity index is 366. The van der Waals surface area contributed by atoms with Crippen LogP contribution in [0.2, 0.25) is 0 Å².